The average Bonchev–Trinajstić information content (AvgIpc) is 3.16. The van der Waals surface area contributed by atoms with E-state index in [-0.39, 0.29) is 24.6 Å². The molecule has 0 amide bonds. The summed E-state index contributed by atoms with van der Waals surface area (Å²) in [4.78, 5) is 0. The molecule has 3 aromatic rings. The Labute approximate surface area is 146 Å². The van der Waals surface area contributed by atoms with Crippen molar-refractivity contribution >= 4 is 0 Å². The molecule has 0 bridgehead atoms. The Balaban J connectivity index is 1.97. The molecular formula is C19H20FN3O2. The third-order valence-electron chi connectivity index (χ3n) is 4.01. The van der Waals surface area contributed by atoms with Crippen molar-refractivity contribution in [1.82, 2.24) is 15.0 Å². The molecule has 0 unspecified atom stereocenters. The molecule has 25 heavy (non-hydrogen) atoms. The maximum atomic E-state index is 13.3. The minimum Gasteiger partial charge on any atom is -0.359 e. The molecule has 0 spiro atoms. The molecule has 0 fully saturated rings. The number of methoxy groups -OCH3 is 1. The maximum absolute atomic E-state index is 13.3. The van der Waals surface area contributed by atoms with Gasteiger partial charge in [0.15, 0.2) is 0 Å². The predicted octanol–water partition coefficient (Wildman–Crippen LogP) is 3.56. The fraction of sp³-hybridized carbons (Fsp3) is 0.263. The molecule has 0 aliphatic heterocycles. The lowest BCUT2D eigenvalue weighted by molar-refractivity contribution is -0.0844. The standard InChI is InChI=1S/C19H20FN3O2/c1-24-14-25-19(16-7-9-17(20)10-8-16)18(13-23-12-11-21-22-23)15-5-3-2-4-6-15/h2-12,18-19H,13-14H2,1H3/t18-,19+/m1/s1. The number of rotatable bonds is 8. The molecule has 0 saturated heterocycles. The van der Waals surface area contributed by atoms with Gasteiger partial charge in [0.05, 0.1) is 18.8 Å². The molecule has 130 valence electrons. The van der Waals surface area contributed by atoms with Gasteiger partial charge in [-0.3, -0.25) is 4.68 Å². The van der Waals surface area contributed by atoms with E-state index in [9.17, 15) is 4.39 Å². The van der Waals surface area contributed by atoms with Crippen molar-refractivity contribution < 1.29 is 13.9 Å². The third kappa shape index (κ3) is 4.49. The highest BCUT2D eigenvalue weighted by atomic mass is 19.1. The van der Waals surface area contributed by atoms with Crippen LogP contribution in [-0.4, -0.2) is 28.9 Å². The van der Waals surface area contributed by atoms with E-state index in [2.05, 4.69) is 10.3 Å². The van der Waals surface area contributed by atoms with Crippen molar-refractivity contribution in [2.45, 2.75) is 18.6 Å². The number of hydrogen-bond donors (Lipinski definition) is 0. The van der Waals surface area contributed by atoms with Gasteiger partial charge in [-0.15, -0.1) is 5.10 Å². The summed E-state index contributed by atoms with van der Waals surface area (Å²) in [5, 5.41) is 7.94. The Kier molecular flexibility index (Phi) is 5.87. The number of aromatic nitrogens is 3. The van der Waals surface area contributed by atoms with Crippen LogP contribution in [0.3, 0.4) is 0 Å². The minimum absolute atomic E-state index is 0.0384. The van der Waals surface area contributed by atoms with E-state index in [1.807, 2.05) is 36.5 Å². The van der Waals surface area contributed by atoms with Gasteiger partial charge in [-0.1, -0.05) is 47.7 Å². The minimum atomic E-state index is -0.313. The van der Waals surface area contributed by atoms with E-state index in [1.165, 1.54) is 12.1 Å². The fourth-order valence-corrected chi connectivity index (χ4v) is 2.85. The number of ether oxygens (including phenoxy) is 2. The van der Waals surface area contributed by atoms with Crippen molar-refractivity contribution in [3.05, 3.63) is 83.9 Å². The molecule has 1 heterocycles. The molecule has 6 heteroatoms. The monoisotopic (exact) mass is 341 g/mol. The Hall–Kier alpha value is -2.57. The lowest BCUT2D eigenvalue weighted by Crippen LogP contribution is -2.21. The molecule has 0 N–H and O–H groups in total. The van der Waals surface area contributed by atoms with Gasteiger partial charge in [-0.2, -0.15) is 0 Å². The van der Waals surface area contributed by atoms with Gasteiger partial charge in [0, 0.05) is 19.2 Å². The lowest BCUT2D eigenvalue weighted by atomic mass is 9.89. The lowest BCUT2D eigenvalue weighted by Gasteiger charge is -2.28. The normalized spacial score (nSPS) is 13.5. The summed E-state index contributed by atoms with van der Waals surface area (Å²) in [6, 6.07) is 16.4. The van der Waals surface area contributed by atoms with Gasteiger partial charge in [0.2, 0.25) is 0 Å². The van der Waals surface area contributed by atoms with Gasteiger partial charge >= 0.3 is 0 Å². The Morgan fingerprint density at radius 2 is 1.80 bits per heavy atom. The van der Waals surface area contributed by atoms with Crippen LogP contribution in [0.1, 0.15) is 23.1 Å². The summed E-state index contributed by atoms with van der Waals surface area (Å²) in [6.07, 6.45) is 3.14. The van der Waals surface area contributed by atoms with Crippen molar-refractivity contribution in [1.29, 1.82) is 0 Å². The Morgan fingerprint density at radius 1 is 1.04 bits per heavy atom. The van der Waals surface area contributed by atoms with Crippen LogP contribution in [0.4, 0.5) is 4.39 Å². The summed E-state index contributed by atoms with van der Waals surface area (Å²) >= 11 is 0. The van der Waals surface area contributed by atoms with Crippen LogP contribution in [-0.2, 0) is 16.0 Å². The second-order valence-electron chi connectivity index (χ2n) is 5.69. The van der Waals surface area contributed by atoms with Gasteiger partial charge in [0.1, 0.15) is 12.6 Å². The van der Waals surface area contributed by atoms with E-state index in [0.717, 1.165) is 11.1 Å². The second kappa shape index (κ2) is 8.50. The van der Waals surface area contributed by atoms with Crippen molar-refractivity contribution in [2.75, 3.05) is 13.9 Å². The predicted molar refractivity (Wildman–Crippen MR) is 91.3 cm³/mol. The van der Waals surface area contributed by atoms with Gasteiger partial charge in [-0.05, 0) is 23.3 Å². The van der Waals surface area contributed by atoms with Crippen LogP contribution >= 0.6 is 0 Å². The summed E-state index contributed by atoms with van der Waals surface area (Å²) in [5.41, 5.74) is 1.98. The second-order valence-corrected chi connectivity index (χ2v) is 5.69. The van der Waals surface area contributed by atoms with Crippen molar-refractivity contribution in [2.24, 2.45) is 0 Å². The SMILES string of the molecule is COCO[C@@H](c1ccc(F)cc1)[C@H](Cn1ccnn1)c1ccccc1. The summed E-state index contributed by atoms with van der Waals surface area (Å²) < 4.78 is 26.2. The molecular weight excluding hydrogens is 321 g/mol. The molecule has 1 aromatic heterocycles. The number of halogens is 1. The molecule has 0 aliphatic carbocycles. The van der Waals surface area contributed by atoms with Crippen LogP contribution in [0.15, 0.2) is 67.0 Å². The first kappa shape index (κ1) is 17.3. The Morgan fingerprint density at radius 3 is 2.44 bits per heavy atom. The number of benzene rings is 2. The van der Waals surface area contributed by atoms with Gasteiger partial charge in [-0.25, -0.2) is 4.39 Å². The number of nitrogens with zero attached hydrogens (tertiary/aromatic N) is 3. The average molecular weight is 341 g/mol. The van der Waals surface area contributed by atoms with Crippen molar-refractivity contribution in [3.8, 4) is 0 Å². The molecule has 0 saturated carbocycles. The van der Waals surface area contributed by atoms with E-state index in [0.29, 0.717) is 6.54 Å². The zero-order chi connectivity index (χ0) is 17.5. The summed E-state index contributed by atoms with van der Waals surface area (Å²) in [7, 11) is 1.58. The fourth-order valence-electron chi connectivity index (χ4n) is 2.85. The van der Waals surface area contributed by atoms with Gasteiger partial charge in [0.25, 0.3) is 0 Å². The van der Waals surface area contributed by atoms with Crippen molar-refractivity contribution in [3.63, 3.8) is 0 Å². The maximum Gasteiger partial charge on any atom is 0.147 e. The molecule has 2 aromatic carbocycles. The molecule has 0 radical (unpaired) electrons. The first-order chi connectivity index (χ1) is 12.3. The smallest absolute Gasteiger partial charge is 0.147 e. The number of hydrogen-bond acceptors (Lipinski definition) is 4. The highest BCUT2D eigenvalue weighted by Crippen LogP contribution is 2.35. The van der Waals surface area contributed by atoms with Crippen LogP contribution in [0.2, 0.25) is 0 Å². The topological polar surface area (TPSA) is 49.2 Å². The van der Waals surface area contributed by atoms with Crippen LogP contribution in [0.25, 0.3) is 0 Å². The molecule has 2 atom stereocenters. The first-order valence-electron chi connectivity index (χ1n) is 8.03. The van der Waals surface area contributed by atoms with Crippen LogP contribution in [0, 0.1) is 5.82 Å². The largest absolute Gasteiger partial charge is 0.359 e. The third-order valence-corrected chi connectivity index (χ3v) is 4.01. The van der Waals surface area contributed by atoms with E-state index in [1.54, 1.807) is 30.1 Å². The highest BCUT2D eigenvalue weighted by Gasteiger charge is 2.26. The summed E-state index contributed by atoms with van der Waals surface area (Å²) in [5.74, 6) is -0.315. The van der Waals surface area contributed by atoms with Gasteiger partial charge < -0.3 is 9.47 Å². The quantitative estimate of drug-likeness (QED) is 0.588. The van der Waals surface area contributed by atoms with Crippen LogP contribution < -0.4 is 0 Å². The zero-order valence-corrected chi connectivity index (χ0v) is 14.0. The zero-order valence-electron chi connectivity index (χ0n) is 14.0. The van der Waals surface area contributed by atoms with Crippen LogP contribution in [0.5, 0.6) is 0 Å². The first-order valence-corrected chi connectivity index (χ1v) is 8.03. The van der Waals surface area contributed by atoms with E-state index < -0.39 is 0 Å². The molecule has 5 nitrogen and oxygen atoms in total. The molecule has 3 rings (SSSR count). The van der Waals surface area contributed by atoms with E-state index >= 15 is 0 Å². The Bertz CT molecular complexity index is 748. The summed E-state index contributed by atoms with van der Waals surface area (Å²) in [6.45, 7) is 0.721. The van der Waals surface area contributed by atoms with E-state index in [4.69, 9.17) is 9.47 Å². The molecule has 0 aliphatic rings. The highest BCUT2D eigenvalue weighted by molar-refractivity contribution is 5.27.